The Morgan fingerprint density at radius 2 is 1.81 bits per heavy atom. The number of carbonyl (C=O) groups is 2. The molecule has 2 amide bonds. The Hall–Kier alpha value is -3.80. The number of carbonyl (C=O) groups excluding carboxylic acids is 2. The standard InChI is InChI=1S/C26H25N3O3/c1-18-12-13-21(32-18)16-29-24(30)23-14-20-10-6-7-11-22(20)28(23)17-26(29,2)25(31)27-15-19-8-4-3-5-9-19/h3-14H,15-17H2,1-2H3,(H,27,31). The molecule has 2 aromatic carbocycles. The van der Waals surface area contributed by atoms with Gasteiger partial charge in [-0.3, -0.25) is 9.59 Å². The van der Waals surface area contributed by atoms with E-state index in [0.717, 1.165) is 22.2 Å². The molecule has 0 bridgehead atoms. The maximum absolute atomic E-state index is 13.7. The molecule has 0 fully saturated rings. The van der Waals surface area contributed by atoms with E-state index in [0.29, 0.717) is 24.5 Å². The van der Waals surface area contributed by atoms with Crippen LogP contribution in [0.3, 0.4) is 0 Å². The van der Waals surface area contributed by atoms with Crippen LogP contribution < -0.4 is 5.32 Å². The number of hydrogen-bond donors (Lipinski definition) is 1. The third-order valence-electron chi connectivity index (χ3n) is 6.23. The van der Waals surface area contributed by atoms with Crippen molar-refractivity contribution in [3.63, 3.8) is 0 Å². The number of benzene rings is 2. The second-order valence-corrected chi connectivity index (χ2v) is 8.52. The van der Waals surface area contributed by atoms with Crippen LogP contribution in [0.5, 0.6) is 0 Å². The summed E-state index contributed by atoms with van der Waals surface area (Å²) in [5.41, 5.74) is 1.46. The number of nitrogens with zero attached hydrogens (tertiary/aromatic N) is 2. The largest absolute Gasteiger partial charge is 0.464 e. The van der Waals surface area contributed by atoms with E-state index in [1.54, 1.807) is 4.90 Å². The molecule has 1 aliphatic heterocycles. The fraction of sp³-hybridized carbons (Fsp3) is 0.231. The number of aromatic nitrogens is 1. The molecule has 0 aliphatic carbocycles. The molecule has 2 aromatic heterocycles. The lowest BCUT2D eigenvalue weighted by molar-refractivity contribution is -0.133. The van der Waals surface area contributed by atoms with Gasteiger partial charge in [-0.05, 0) is 43.7 Å². The molecule has 6 heteroatoms. The van der Waals surface area contributed by atoms with Crippen LogP contribution in [-0.4, -0.2) is 26.8 Å². The number of amides is 2. The molecule has 0 saturated heterocycles. The molecule has 0 radical (unpaired) electrons. The molecule has 6 nitrogen and oxygen atoms in total. The number of rotatable bonds is 5. The first-order valence-corrected chi connectivity index (χ1v) is 10.7. The van der Waals surface area contributed by atoms with Gasteiger partial charge in [-0.1, -0.05) is 48.5 Å². The number of nitrogens with one attached hydrogen (secondary N) is 1. The Morgan fingerprint density at radius 1 is 1.06 bits per heavy atom. The molecule has 1 unspecified atom stereocenters. The summed E-state index contributed by atoms with van der Waals surface area (Å²) in [6, 6.07) is 23.3. The van der Waals surface area contributed by atoms with Gasteiger partial charge in [0, 0.05) is 17.4 Å². The lowest BCUT2D eigenvalue weighted by Gasteiger charge is -2.43. The van der Waals surface area contributed by atoms with Crippen molar-refractivity contribution >= 4 is 22.7 Å². The minimum absolute atomic E-state index is 0.182. The van der Waals surface area contributed by atoms with Crippen molar-refractivity contribution in [3.8, 4) is 0 Å². The smallest absolute Gasteiger partial charge is 0.271 e. The van der Waals surface area contributed by atoms with Gasteiger partial charge in [0.05, 0.1) is 13.1 Å². The summed E-state index contributed by atoms with van der Waals surface area (Å²) in [5.74, 6) is 1.05. The SMILES string of the molecule is Cc1ccc(CN2C(=O)c3cc4ccccc4n3CC2(C)C(=O)NCc2ccccc2)o1. The van der Waals surface area contributed by atoms with Gasteiger partial charge in [-0.25, -0.2) is 0 Å². The third kappa shape index (κ3) is 3.38. The zero-order chi connectivity index (χ0) is 22.3. The maximum atomic E-state index is 13.7. The van der Waals surface area contributed by atoms with E-state index in [1.807, 2.05) is 91.2 Å². The summed E-state index contributed by atoms with van der Waals surface area (Å²) in [6.45, 7) is 4.69. The summed E-state index contributed by atoms with van der Waals surface area (Å²) < 4.78 is 7.71. The Balaban J connectivity index is 1.53. The highest BCUT2D eigenvalue weighted by atomic mass is 16.3. The van der Waals surface area contributed by atoms with Crippen LogP contribution >= 0.6 is 0 Å². The summed E-state index contributed by atoms with van der Waals surface area (Å²) in [7, 11) is 0. The second kappa shape index (κ2) is 7.71. The van der Waals surface area contributed by atoms with E-state index < -0.39 is 5.54 Å². The third-order valence-corrected chi connectivity index (χ3v) is 6.23. The molecule has 0 spiro atoms. The van der Waals surface area contributed by atoms with Gasteiger partial charge >= 0.3 is 0 Å². The Labute approximate surface area is 186 Å². The molecule has 32 heavy (non-hydrogen) atoms. The molecule has 3 heterocycles. The molecule has 5 rings (SSSR count). The van der Waals surface area contributed by atoms with E-state index >= 15 is 0 Å². The minimum Gasteiger partial charge on any atom is -0.464 e. The van der Waals surface area contributed by atoms with E-state index in [2.05, 4.69) is 5.32 Å². The lowest BCUT2D eigenvalue weighted by Crippen LogP contribution is -2.63. The average Bonchev–Trinajstić information content (AvgIpc) is 3.39. The number of fused-ring (bicyclic) bond motifs is 3. The number of hydrogen-bond acceptors (Lipinski definition) is 3. The number of furan rings is 1. The molecule has 1 N–H and O–H groups in total. The average molecular weight is 428 g/mol. The van der Waals surface area contributed by atoms with Crippen molar-refractivity contribution < 1.29 is 14.0 Å². The molecule has 162 valence electrons. The van der Waals surface area contributed by atoms with Crippen molar-refractivity contribution in [2.24, 2.45) is 0 Å². The predicted octanol–water partition coefficient (Wildman–Crippen LogP) is 4.27. The minimum atomic E-state index is -1.08. The topological polar surface area (TPSA) is 67.5 Å². The second-order valence-electron chi connectivity index (χ2n) is 8.52. The fourth-order valence-corrected chi connectivity index (χ4v) is 4.45. The Bertz CT molecular complexity index is 1300. The maximum Gasteiger partial charge on any atom is 0.271 e. The van der Waals surface area contributed by atoms with Crippen LogP contribution in [0, 0.1) is 6.92 Å². The Morgan fingerprint density at radius 3 is 2.56 bits per heavy atom. The van der Waals surface area contributed by atoms with E-state index in [4.69, 9.17) is 4.42 Å². The van der Waals surface area contributed by atoms with E-state index in [9.17, 15) is 9.59 Å². The van der Waals surface area contributed by atoms with Crippen molar-refractivity contribution in [3.05, 3.63) is 95.6 Å². The highest BCUT2D eigenvalue weighted by molar-refractivity contribution is 6.03. The quantitative estimate of drug-likeness (QED) is 0.517. The first-order valence-electron chi connectivity index (χ1n) is 10.7. The first-order chi connectivity index (χ1) is 15.5. The van der Waals surface area contributed by atoms with Gasteiger partial charge in [0.15, 0.2) is 0 Å². The number of aryl methyl sites for hydroxylation is 1. The Kier molecular flexibility index (Phi) is 4.85. The van der Waals surface area contributed by atoms with Crippen LogP contribution in [0.15, 0.2) is 77.2 Å². The van der Waals surface area contributed by atoms with E-state index in [-0.39, 0.29) is 18.4 Å². The highest BCUT2D eigenvalue weighted by Gasteiger charge is 2.47. The van der Waals surface area contributed by atoms with Gasteiger partial charge < -0.3 is 19.2 Å². The van der Waals surface area contributed by atoms with Crippen LogP contribution in [-0.2, 0) is 24.4 Å². The van der Waals surface area contributed by atoms with E-state index in [1.165, 1.54) is 0 Å². The van der Waals surface area contributed by atoms with Crippen molar-refractivity contribution in [2.75, 3.05) is 0 Å². The van der Waals surface area contributed by atoms with Crippen LogP contribution in [0.2, 0.25) is 0 Å². The van der Waals surface area contributed by atoms with Crippen molar-refractivity contribution in [1.82, 2.24) is 14.8 Å². The molecule has 0 saturated carbocycles. The normalized spacial score (nSPS) is 18.1. The monoisotopic (exact) mass is 427 g/mol. The zero-order valence-electron chi connectivity index (χ0n) is 18.2. The van der Waals surface area contributed by atoms with Gasteiger partial charge in [0.2, 0.25) is 5.91 Å². The van der Waals surface area contributed by atoms with Crippen molar-refractivity contribution in [1.29, 1.82) is 0 Å². The van der Waals surface area contributed by atoms with Crippen molar-refractivity contribution in [2.45, 2.75) is 39.0 Å². The predicted molar refractivity (Wildman–Crippen MR) is 122 cm³/mol. The van der Waals surface area contributed by atoms with Gasteiger partial charge in [-0.15, -0.1) is 0 Å². The summed E-state index contributed by atoms with van der Waals surface area (Å²) in [6.07, 6.45) is 0. The molecule has 1 aliphatic rings. The van der Waals surface area contributed by atoms with Gasteiger partial charge in [-0.2, -0.15) is 0 Å². The lowest BCUT2D eigenvalue weighted by atomic mass is 9.94. The first kappa shape index (κ1) is 20.1. The highest BCUT2D eigenvalue weighted by Crippen LogP contribution is 2.33. The van der Waals surface area contributed by atoms with Crippen LogP contribution in [0.1, 0.15) is 34.5 Å². The molecular weight excluding hydrogens is 402 g/mol. The van der Waals surface area contributed by atoms with Gasteiger partial charge in [0.1, 0.15) is 22.8 Å². The summed E-state index contributed by atoms with van der Waals surface area (Å²) in [4.78, 5) is 28.9. The van der Waals surface area contributed by atoms with Gasteiger partial charge in [0.25, 0.3) is 5.91 Å². The van der Waals surface area contributed by atoms with Crippen LogP contribution in [0.4, 0.5) is 0 Å². The number of para-hydroxylation sites is 1. The zero-order valence-corrected chi connectivity index (χ0v) is 18.2. The van der Waals surface area contributed by atoms with Crippen LogP contribution in [0.25, 0.3) is 10.9 Å². The molecule has 4 aromatic rings. The summed E-state index contributed by atoms with van der Waals surface area (Å²) >= 11 is 0. The summed E-state index contributed by atoms with van der Waals surface area (Å²) in [5, 5.41) is 4.03. The molecule has 1 atom stereocenters. The molecular formula is C26H25N3O3. The fourth-order valence-electron chi connectivity index (χ4n) is 4.45.